The number of hydrogen-bond acceptors (Lipinski definition) is 6. The van der Waals surface area contributed by atoms with Crippen molar-refractivity contribution in [3.8, 4) is 10.7 Å². The van der Waals surface area contributed by atoms with Crippen LogP contribution in [0.15, 0.2) is 52.0 Å². The first kappa shape index (κ1) is 20.2. The Morgan fingerprint density at radius 2 is 2.10 bits per heavy atom. The SMILES string of the molecule is COCCCN1C(=O)NC(c2ccc(F)cc2)C(c2nc(-c3cccs3)no2)=C1C. The van der Waals surface area contributed by atoms with Crippen LogP contribution in [-0.4, -0.2) is 41.3 Å². The van der Waals surface area contributed by atoms with E-state index >= 15 is 0 Å². The first-order valence-electron chi connectivity index (χ1n) is 9.49. The van der Waals surface area contributed by atoms with Gasteiger partial charge in [-0.1, -0.05) is 23.4 Å². The number of aromatic nitrogens is 2. The monoisotopic (exact) mass is 428 g/mol. The Hall–Kier alpha value is -3.04. The van der Waals surface area contributed by atoms with Crippen molar-refractivity contribution in [2.45, 2.75) is 19.4 Å². The van der Waals surface area contributed by atoms with Crippen LogP contribution in [0, 0.1) is 5.82 Å². The minimum atomic E-state index is -0.534. The van der Waals surface area contributed by atoms with Gasteiger partial charge in [-0.3, -0.25) is 4.90 Å². The Kier molecular flexibility index (Phi) is 5.91. The minimum absolute atomic E-state index is 0.236. The molecule has 0 radical (unpaired) electrons. The maximum Gasteiger partial charge on any atom is 0.322 e. The van der Waals surface area contributed by atoms with Crippen LogP contribution in [0.2, 0.25) is 0 Å². The molecule has 30 heavy (non-hydrogen) atoms. The van der Waals surface area contributed by atoms with Crippen molar-refractivity contribution in [3.63, 3.8) is 0 Å². The van der Waals surface area contributed by atoms with Crippen molar-refractivity contribution in [2.24, 2.45) is 0 Å². The Balaban J connectivity index is 1.76. The number of carbonyl (C=O) groups is 1. The average Bonchev–Trinajstić information content (AvgIpc) is 3.42. The first-order valence-corrected chi connectivity index (χ1v) is 10.4. The molecule has 1 unspecified atom stereocenters. The Morgan fingerprint density at radius 1 is 1.30 bits per heavy atom. The topological polar surface area (TPSA) is 80.5 Å². The lowest BCUT2D eigenvalue weighted by Gasteiger charge is -2.35. The quantitative estimate of drug-likeness (QED) is 0.562. The highest BCUT2D eigenvalue weighted by Crippen LogP contribution is 2.37. The number of halogens is 1. The van der Waals surface area contributed by atoms with E-state index in [2.05, 4.69) is 15.5 Å². The molecule has 1 atom stereocenters. The van der Waals surface area contributed by atoms with Gasteiger partial charge in [0.25, 0.3) is 5.89 Å². The van der Waals surface area contributed by atoms with E-state index in [0.717, 1.165) is 10.4 Å². The molecular formula is C21H21FN4O3S. The van der Waals surface area contributed by atoms with E-state index in [0.29, 0.717) is 42.6 Å². The lowest BCUT2D eigenvalue weighted by Crippen LogP contribution is -2.46. The Labute approximate surface area is 177 Å². The summed E-state index contributed by atoms with van der Waals surface area (Å²) in [7, 11) is 1.62. The molecule has 0 saturated carbocycles. The molecule has 1 aromatic carbocycles. The fourth-order valence-corrected chi connectivity index (χ4v) is 4.09. The zero-order valence-corrected chi connectivity index (χ0v) is 17.4. The van der Waals surface area contributed by atoms with E-state index in [1.54, 1.807) is 24.1 Å². The van der Waals surface area contributed by atoms with Crippen molar-refractivity contribution < 1.29 is 18.4 Å². The summed E-state index contributed by atoms with van der Waals surface area (Å²) in [6.07, 6.45) is 0.681. The summed E-state index contributed by atoms with van der Waals surface area (Å²) >= 11 is 1.51. The summed E-state index contributed by atoms with van der Waals surface area (Å²) in [4.78, 5) is 19.9. The highest BCUT2D eigenvalue weighted by atomic mass is 32.1. The summed E-state index contributed by atoms with van der Waals surface area (Å²) in [6.45, 7) is 2.88. The second-order valence-corrected chi connectivity index (χ2v) is 7.78. The molecule has 7 nitrogen and oxygen atoms in total. The zero-order chi connectivity index (χ0) is 21.1. The second-order valence-electron chi connectivity index (χ2n) is 6.83. The number of hydrogen-bond donors (Lipinski definition) is 1. The predicted octanol–water partition coefficient (Wildman–Crippen LogP) is 4.47. The molecule has 1 aliphatic heterocycles. The second kappa shape index (κ2) is 8.76. The van der Waals surface area contributed by atoms with Crippen LogP contribution >= 0.6 is 11.3 Å². The molecule has 0 spiro atoms. The molecule has 0 bridgehead atoms. The molecule has 2 aromatic heterocycles. The van der Waals surface area contributed by atoms with Gasteiger partial charge in [-0.05, 0) is 42.5 Å². The van der Waals surface area contributed by atoms with E-state index in [4.69, 9.17) is 9.26 Å². The van der Waals surface area contributed by atoms with Gasteiger partial charge in [-0.2, -0.15) is 4.98 Å². The van der Waals surface area contributed by atoms with E-state index in [-0.39, 0.29) is 11.8 Å². The number of ether oxygens (including phenoxy) is 1. The molecule has 9 heteroatoms. The van der Waals surface area contributed by atoms with Crippen molar-refractivity contribution in [2.75, 3.05) is 20.3 Å². The fraction of sp³-hybridized carbons (Fsp3) is 0.286. The molecule has 0 fully saturated rings. The van der Waals surface area contributed by atoms with Crippen molar-refractivity contribution in [1.82, 2.24) is 20.4 Å². The molecule has 1 N–H and O–H groups in total. The predicted molar refractivity (Wildman–Crippen MR) is 111 cm³/mol. The van der Waals surface area contributed by atoms with Crippen LogP contribution in [0.4, 0.5) is 9.18 Å². The average molecular weight is 428 g/mol. The molecule has 4 rings (SSSR count). The third-order valence-electron chi connectivity index (χ3n) is 4.93. The van der Waals surface area contributed by atoms with Gasteiger partial charge >= 0.3 is 6.03 Å². The number of thiophene rings is 1. The molecule has 0 saturated heterocycles. The Morgan fingerprint density at radius 3 is 2.80 bits per heavy atom. The third kappa shape index (κ3) is 3.99. The van der Waals surface area contributed by atoms with Crippen LogP contribution in [-0.2, 0) is 4.74 Å². The van der Waals surface area contributed by atoms with Crippen LogP contribution in [0.25, 0.3) is 16.3 Å². The minimum Gasteiger partial charge on any atom is -0.385 e. The smallest absolute Gasteiger partial charge is 0.322 e. The molecule has 3 heterocycles. The fourth-order valence-electron chi connectivity index (χ4n) is 3.44. The normalized spacial score (nSPS) is 16.8. The maximum absolute atomic E-state index is 13.5. The lowest BCUT2D eigenvalue weighted by atomic mass is 9.94. The molecular weight excluding hydrogens is 407 g/mol. The molecule has 156 valence electrons. The highest BCUT2D eigenvalue weighted by Gasteiger charge is 2.35. The number of urea groups is 1. The van der Waals surface area contributed by atoms with Gasteiger partial charge in [0.15, 0.2) is 0 Å². The van der Waals surface area contributed by atoms with E-state index in [1.807, 2.05) is 24.4 Å². The number of amides is 2. The lowest BCUT2D eigenvalue weighted by molar-refractivity contribution is 0.174. The molecule has 0 aliphatic carbocycles. The number of methoxy groups -OCH3 is 1. The standard InChI is InChI=1S/C21H21FN4O3S/c1-13-17(20-24-19(25-29-20)16-5-3-12-30-16)18(14-6-8-15(22)9-7-14)23-21(27)26(13)10-4-11-28-2/h3,5-9,12,18H,4,10-11H2,1-2H3,(H,23,27). The van der Waals surface area contributed by atoms with E-state index in [9.17, 15) is 9.18 Å². The molecule has 1 aliphatic rings. The number of nitrogens with one attached hydrogen (secondary N) is 1. The van der Waals surface area contributed by atoms with Gasteiger partial charge in [-0.15, -0.1) is 11.3 Å². The number of allylic oxidation sites excluding steroid dienone is 1. The summed E-state index contributed by atoms with van der Waals surface area (Å²) in [5.74, 6) is 0.463. The van der Waals surface area contributed by atoms with Gasteiger partial charge in [-0.25, -0.2) is 9.18 Å². The number of nitrogens with zero attached hydrogens (tertiary/aromatic N) is 3. The van der Waals surface area contributed by atoms with E-state index < -0.39 is 6.04 Å². The van der Waals surface area contributed by atoms with E-state index in [1.165, 1.54) is 23.5 Å². The first-order chi connectivity index (χ1) is 14.6. The van der Waals surface area contributed by atoms with Crippen LogP contribution < -0.4 is 5.32 Å². The van der Waals surface area contributed by atoms with Crippen LogP contribution in [0.5, 0.6) is 0 Å². The van der Waals surface area contributed by atoms with Gasteiger partial charge < -0.3 is 14.6 Å². The Bertz CT molecular complexity index is 1050. The van der Waals surface area contributed by atoms with Crippen molar-refractivity contribution in [3.05, 3.63) is 64.7 Å². The summed E-state index contributed by atoms with van der Waals surface area (Å²) in [6, 6.07) is 9.08. The molecule has 3 aromatic rings. The summed E-state index contributed by atoms with van der Waals surface area (Å²) in [5.41, 5.74) is 2.13. The number of benzene rings is 1. The van der Waals surface area contributed by atoms with Gasteiger partial charge in [0, 0.05) is 26.0 Å². The van der Waals surface area contributed by atoms with Crippen molar-refractivity contribution in [1.29, 1.82) is 0 Å². The van der Waals surface area contributed by atoms with Gasteiger partial charge in [0.2, 0.25) is 5.82 Å². The summed E-state index contributed by atoms with van der Waals surface area (Å²) in [5, 5.41) is 9.04. The van der Waals surface area contributed by atoms with Gasteiger partial charge in [0.1, 0.15) is 5.82 Å². The number of rotatable bonds is 7. The number of carbonyl (C=O) groups excluding carboxylic acids is 1. The van der Waals surface area contributed by atoms with Crippen molar-refractivity contribution >= 4 is 22.9 Å². The van der Waals surface area contributed by atoms with Crippen LogP contribution in [0.1, 0.15) is 30.8 Å². The summed E-state index contributed by atoms with van der Waals surface area (Å²) < 4.78 is 24.2. The van der Waals surface area contributed by atoms with Crippen LogP contribution in [0.3, 0.4) is 0 Å². The third-order valence-corrected chi connectivity index (χ3v) is 5.79. The maximum atomic E-state index is 13.5. The molecule has 2 amide bonds. The zero-order valence-electron chi connectivity index (χ0n) is 16.6. The van der Waals surface area contributed by atoms with Gasteiger partial charge in [0.05, 0.1) is 16.5 Å². The largest absolute Gasteiger partial charge is 0.385 e. The highest BCUT2D eigenvalue weighted by molar-refractivity contribution is 7.13.